The van der Waals surface area contributed by atoms with Gasteiger partial charge in [0.15, 0.2) is 0 Å². The molecule has 0 aliphatic heterocycles. The van der Waals surface area contributed by atoms with Crippen LogP contribution in [0.3, 0.4) is 0 Å². The molecule has 0 spiro atoms. The van der Waals surface area contributed by atoms with E-state index in [0.29, 0.717) is 0 Å². The zero-order valence-electron chi connectivity index (χ0n) is 34.7. The molecular formula is C60H38N2O2. The normalized spacial score (nSPS) is 11.8. The second-order valence-electron chi connectivity index (χ2n) is 16.5. The third-order valence-electron chi connectivity index (χ3n) is 12.8. The summed E-state index contributed by atoms with van der Waals surface area (Å²) >= 11 is 0. The van der Waals surface area contributed by atoms with Crippen molar-refractivity contribution in [3.8, 4) is 39.1 Å². The molecule has 0 aliphatic rings. The number of hydrogen-bond acceptors (Lipinski definition) is 3. The van der Waals surface area contributed by atoms with Crippen molar-refractivity contribution in [2.45, 2.75) is 0 Å². The first-order valence-corrected chi connectivity index (χ1v) is 21.7. The Morgan fingerprint density at radius 3 is 1.45 bits per heavy atom. The average molecular weight is 819 g/mol. The van der Waals surface area contributed by atoms with Crippen LogP contribution in [-0.4, -0.2) is 4.57 Å². The van der Waals surface area contributed by atoms with Crippen molar-refractivity contribution in [2.24, 2.45) is 0 Å². The molecule has 0 N–H and O–H groups in total. The van der Waals surface area contributed by atoms with E-state index in [1.807, 2.05) is 24.3 Å². The molecule has 0 fully saturated rings. The van der Waals surface area contributed by atoms with Gasteiger partial charge in [0.2, 0.25) is 0 Å². The first-order valence-electron chi connectivity index (χ1n) is 21.7. The summed E-state index contributed by atoms with van der Waals surface area (Å²) in [6.07, 6.45) is 0. The lowest BCUT2D eigenvalue weighted by Crippen LogP contribution is -2.09. The standard InChI is InChI=1S/C60H38N2O2/c1-2-11-39(12-3-1)40-21-29-44(30-22-40)61(46-35-27-43(28-36-46)48-16-10-17-52-50-14-5-9-20-58(50)64-60(48)52)45-31-23-41(24-32-45)42-25-33-47(34-26-42)62-55-18-7-4-13-49(55)53-37-54-51-15-6-8-19-57(51)63-59(54)38-56(53)62/h1-38H. The minimum Gasteiger partial charge on any atom is -0.456 e. The summed E-state index contributed by atoms with van der Waals surface area (Å²) in [5, 5.41) is 6.98. The fraction of sp³-hybridized carbons (Fsp3) is 0. The Morgan fingerprint density at radius 2 is 0.797 bits per heavy atom. The first kappa shape index (κ1) is 36.1. The third-order valence-corrected chi connectivity index (χ3v) is 12.8. The SMILES string of the molecule is c1ccc(-c2ccc(N(c3ccc(-c4ccc(-n5c6ccccc6c6cc7c(cc65)oc5ccccc57)cc4)cc3)c3ccc(-c4cccc5c4oc4ccccc45)cc3)cc2)cc1. The molecule has 0 atom stereocenters. The van der Waals surface area contributed by atoms with Gasteiger partial charge in [0, 0.05) is 66.7 Å². The van der Waals surface area contributed by atoms with Gasteiger partial charge in [-0.3, -0.25) is 0 Å². The quantitative estimate of drug-likeness (QED) is 0.161. The molecule has 0 saturated carbocycles. The summed E-state index contributed by atoms with van der Waals surface area (Å²) in [5.74, 6) is 0. The van der Waals surface area contributed by atoms with Crippen LogP contribution in [0.4, 0.5) is 17.1 Å². The lowest BCUT2D eigenvalue weighted by atomic mass is 10.0. The highest BCUT2D eigenvalue weighted by atomic mass is 16.3. The molecule has 0 saturated heterocycles. The largest absolute Gasteiger partial charge is 0.456 e. The fourth-order valence-corrected chi connectivity index (χ4v) is 9.72. The molecule has 13 rings (SSSR count). The summed E-state index contributed by atoms with van der Waals surface area (Å²) in [6.45, 7) is 0. The van der Waals surface area contributed by atoms with Crippen molar-refractivity contribution in [2.75, 3.05) is 4.90 Å². The lowest BCUT2D eigenvalue weighted by Gasteiger charge is -2.26. The van der Waals surface area contributed by atoms with Gasteiger partial charge in [0.1, 0.15) is 22.3 Å². The predicted octanol–water partition coefficient (Wildman–Crippen LogP) is 17.1. The van der Waals surface area contributed by atoms with E-state index in [4.69, 9.17) is 8.83 Å². The van der Waals surface area contributed by atoms with Gasteiger partial charge in [0.05, 0.1) is 11.0 Å². The van der Waals surface area contributed by atoms with Gasteiger partial charge in [-0.05, 0) is 101 Å². The molecule has 10 aromatic carbocycles. The van der Waals surface area contributed by atoms with Gasteiger partial charge in [0.25, 0.3) is 0 Å². The van der Waals surface area contributed by atoms with Crippen molar-refractivity contribution in [3.05, 3.63) is 231 Å². The van der Waals surface area contributed by atoms with Crippen LogP contribution in [0.2, 0.25) is 0 Å². The molecular weight excluding hydrogens is 781 g/mol. The maximum absolute atomic E-state index is 6.42. The lowest BCUT2D eigenvalue weighted by molar-refractivity contribution is 0.669. The Labute approximate surface area is 369 Å². The van der Waals surface area contributed by atoms with E-state index in [0.717, 1.165) is 94.4 Å². The molecule has 3 aromatic heterocycles. The number of hydrogen-bond donors (Lipinski definition) is 0. The second kappa shape index (κ2) is 14.5. The van der Waals surface area contributed by atoms with Gasteiger partial charge < -0.3 is 18.3 Å². The molecule has 13 aromatic rings. The van der Waals surface area contributed by atoms with Crippen LogP contribution in [0.25, 0.3) is 105 Å². The highest BCUT2D eigenvalue weighted by Gasteiger charge is 2.18. The van der Waals surface area contributed by atoms with Crippen molar-refractivity contribution in [3.63, 3.8) is 0 Å². The van der Waals surface area contributed by atoms with Crippen LogP contribution in [0.1, 0.15) is 0 Å². The molecule has 0 aliphatic carbocycles. The number of aromatic nitrogens is 1. The second-order valence-corrected chi connectivity index (χ2v) is 16.5. The molecule has 3 heterocycles. The number of anilines is 3. The van der Waals surface area contributed by atoms with Crippen LogP contribution >= 0.6 is 0 Å². The van der Waals surface area contributed by atoms with E-state index >= 15 is 0 Å². The van der Waals surface area contributed by atoms with Crippen molar-refractivity contribution in [1.29, 1.82) is 0 Å². The first-order chi connectivity index (χ1) is 31.7. The summed E-state index contributed by atoms with van der Waals surface area (Å²) in [7, 11) is 0. The van der Waals surface area contributed by atoms with E-state index in [-0.39, 0.29) is 0 Å². The number of furan rings is 2. The number of benzene rings is 10. The molecule has 64 heavy (non-hydrogen) atoms. The van der Waals surface area contributed by atoms with Crippen LogP contribution < -0.4 is 4.90 Å². The van der Waals surface area contributed by atoms with Crippen molar-refractivity contribution < 1.29 is 8.83 Å². The van der Waals surface area contributed by atoms with Crippen LogP contribution in [-0.2, 0) is 0 Å². The van der Waals surface area contributed by atoms with E-state index in [2.05, 4.69) is 216 Å². The monoisotopic (exact) mass is 818 g/mol. The minimum atomic E-state index is 0.895. The molecule has 0 bridgehead atoms. The van der Waals surface area contributed by atoms with Gasteiger partial charge >= 0.3 is 0 Å². The summed E-state index contributed by atoms with van der Waals surface area (Å²) in [5.41, 5.74) is 17.1. The Bertz CT molecular complexity index is 3860. The maximum atomic E-state index is 6.42. The van der Waals surface area contributed by atoms with Gasteiger partial charge in [-0.1, -0.05) is 152 Å². The molecule has 0 unspecified atom stereocenters. The Morgan fingerprint density at radius 1 is 0.297 bits per heavy atom. The summed E-state index contributed by atoms with van der Waals surface area (Å²) < 4.78 is 15.1. The van der Waals surface area contributed by atoms with Gasteiger partial charge in [-0.2, -0.15) is 0 Å². The summed E-state index contributed by atoms with van der Waals surface area (Å²) in [6, 6.07) is 82.1. The van der Waals surface area contributed by atoms with E-state index in [1.54, 1.807) is 0 Å². The van der Waals surface area contributed by atoms with E-state index in [1.165, 1.54) is 27.4 Å². The molecule has 0 amide bonds. The fourth-order valence-electron chi connectivity index (χ4n) is 9.72. The van der Waals surface area contributed by atoms with Crippen LogP contribution in [0.5, 0.6) is 0 Å². The Hall–Kier alpha value is -8.60. The zero-order valence-corrected chi connectivity index (χ0v) is 34.7. The molecule has 300 valence electrons. The van der Waals surface area contributed by atoms with E-state index < -0.39 is 0 Å². The highest BCUT2D eigenvalue weighted by molar-refractivity contribution is 6.17. The number of nitrogens with zero attached hydrogens (tertiary/aromatic N) is 2. The number of rotatable bonds is 7. The van der Waals surface area contributed by atoms with E-state index in [9.17, 15) is 0 Å². The van der Waals surface area contributed by atoms with Crippen molar-refractivity contribution >= 4 is 82.7 Å². The maximum Gasteiger partial charge on any atom is 0.143 e. The zero-order chi connectivity index (χ0) is 42.1. The predicted molar refractivity (Wildman–Crippen MR) is 266 cm³/mol. The molecule has 4 heteroatoms. The minimum absolute atomic E-state index is 0.895. The number of para-hydroxylation sites is 4. The summed E-state index contributed by atoms with van der Waals surface area (Å²) in [4.78, 5) is 2.33. The Kier molecular flexibility index (Phi) is 8.18. The van der Waals surface area contributed by atoms with Crippen LogP contribution in [0.15, 0.2) is 239 Å². The highest BCUT2D eigenvalue weighted by Crippen LogP contribution is 2.42. The molecule has 4 nitrogen and oxygen atoms in total. The Balaban J connectivity index is 0.857. The smallest absolute Gasteiger partial charge is 0.143 e. The average Bonchev–Trinajstić information content (AvgIpc) is 4.04. The third kappa shape index (κ3) is 5.84. The van der Waals surface area contributed by atoms with Gasteiger partial charge in [-0.15, -0.1) is 0 Å². The number of fused-ring (bicyclic) bond motifs is 9. The molecule has 0 radical (unpaired) electrons. The topological polar surface area (TPSA) is 34.5 Å². The van der Waals surface area contributed by atoms with Gasteiger partial charge in [-0.25, -0.2) is 0 Å². The van der Waals surface area contributed by atoms with Crippen molar-refractivity contribution in [1.82, 2.24) is 4.57 Å². The van der Waals surface area contributed by atoms with Crippen LogP contribution in [0, 0.1) is 0 Å².